The molecule has 4 heterocycles. The lowest BCUT2D eigenvalue weighted by Crippen LogP contribution is -2.32. The van der Waals surface area contributed by atoms with Crippen molar-refractivity contribution >= 4 is 11.7 Å². The summed E-state index contributed by atoms with van der Waals surface area (Å²) in [7, 11) is 0. The number of alkyl carbamates (subject to hydrolysis) is 1. The molecular formula is C19H19N7O3. The molecule has 0 aromatic carbocycles. The lowest BCUT2D eigenvalue weighted by atomic mass is 10.2. The molecule has 4 rings (SSSR count). The maximum atomic E-state index is 11.8. The zero-order valence-electron chi connectivity index (χ0n) is 16.2. The lowest BCUT2D eigenvalue weighted by molar-refractivity contribution is 0.0523. The van der Waals surface area contributed by atoms with E-state index in [-0.39, 0.29) is 6.54 Å². The zero-order valence-corrected chi connectivity index (χ0v) is 16.2. The molecular weight excluding hydrogens is 374 g/mol. The highest BCUT2D eigenvalue weighted by Crippen LogP contribution is 2.23. The highest BCUT2D eigenvalue weighted by Gasteiger charge is 2.17. The molecule has 1 amide bonds. The number of aromatic nitrogens is 6. The van der Waals surface area contributed by atoms with Crippen molar-refractivity contribution < 1.29 is 14.1 Å². The number of hydrogen-bond donors (Lipinski definition) is 1. The topological polar surface area (TPSA) is 120 Å². The van der Waals surface area contributed by atoms with Crippen molar-refractivity contribution in [3.8, 4) is 23.0 Å². The van der Waals surface area contributed by atoms with Crippen LogP contribution in [0.2, 0.25) is 0 Å². The fourth-order valence-electron chi connectivity index (χ4n) is 2.64. The molecule has 0 saturated carbocycles. The molecule has 0 unspecified atom stereocenters. The predicted molar refractivity (Wildman–Crippen MR) is 103 cm³/mol. The van der Waals surface area contributed by atoms with Crippen molar-refractivity contribution in [1.29, 1.82) is 0 Å². The van der Waals surface area contributed by atoms with E-state index in [0.717, 1.165) is 0 Å². The maximum absolute atomic E-state index is 11.8. The molecule has 148 valence electrons. The van der Waals surface area contributed by atoms with Crippen LogP contribution in [0.4, 0.5) is 4.79 Å². The zero-order chi connectivity index (χ0) is 20.4. The fourth-order valence-corrected chi connectivity index (χ4v) is 2.64. The second-order valence-electron chi connectivity index (χ2n) is 7.26. The average molecular weight is 393 g/mol. The van der Waals surface area contributed by atoms with Gasteiger partial charge in [-0.05, 0) is 32.9 Å². The Morgan fingerprint density at radius 1 is 1.24 bits per heavy atom. The van der Waals surface area contributed by atoms with Crippen molar-refractivity contribution in [2.45, 2.75) is 32.9 Å². The molecule has 10 nitrogen and oxygen atoms in total. The van der Waals surface area contributed by atoms with Crippen LogP contribution < -0.4 is 5.32 Å². The van der Waals surface area contributed by atoms with Crippen LogP contribution in [0.1, 0.15) is 26.5 Å². The van der Waals surface area contributed by atoms with Crippen molar-refractivity contribution in [2.24, 2.45) is 0 Å². The first-order valence-corrected chi connectivity index (χ1v) is 8.92. The number of fused-ring (bicyclic) bond motifs is 1. The monoisotopic (exact) mass is 393 g/mol. The van der Waals surface area contributed by atoms with E-state index in [9.17, 15) is 4.79 Å². The Bertz CT molecular complexity index is 1160. The van der Waals surface area contributed by atoms with Gasteiger partial charge in [0.25, 0.3) is 5.89 Å². The summed E-state index contributed by atoms with van der Waals surface area (Å²) in [6, 6.07) is 3.53. The van der Waals surface area contributed by atoms with Crippen LogP contribution in [0.15, 0.2) is 47.6 Å². The largest absolute Gasteiger partial charge is 0.444 e. The van der Waals surface area contributed by atoms with Gasteiger partial charge < -0.3 is 14.6 Å². The first-order chi connectivity index (χ1) is 13.9. The summed E-state index contributed by atoms with van der Waals surface area (Å²) >= 11 is 0. The average Bonchev–Trinajstić information content (AvgIpc) is 3.32. The molecule has 0 aliphatic carbocycles. The number of hydrogen-bond acceptors (Lipinski definition) is 8. The van der Waals surface area contributed by atoms with Gasteiger partial charge in [0.05, 0.1) is 24.6 Å². The number of nitrogens with zero attached hydrogens (tertiary/aromatic N) is 6. The molecule has 4 aromatic rings. The summed E-state index contributed by atoms with van der Waals surface area (Å²) in [5.41, 5.74) is 2.14. The van der Waals surface area contributed by atoms with E-state index in [1.807, 2.05) is 4.40 Å². The van der Waals surface area contributed by atoms with Crippen LogP contribution in [0.25, 0.3) is 28.6 Å². The number of carbonyl (C=O) groups excluding carboxylic acids is 1. The van der Waals surface area contributed by atoms with Crippen molar-refractivity contribution in [2.75, 3.05) is 0 Å². The quantitative estimate of drug-likeness (QED) is 0.562. The standard InChI is InChI=1S/C19H19N7O3/c1-19(2,3)28-18(27)23-9-13-8-12(4-5-21-13)17-24-16(25-29-17)14-10-22-15-11-20-6-7-26(14)15/h4-8,10-11H,9H2,1-3H3,(H,23,27). The fraction of sp³-hybridized carbons (Fsp3) is 0.263. The molecule has 0 aliphatic rings. The van der Waals surface area contributed by atoms with E-state index in [1.165, 1.54) is 0 Å². The summed E-state index contributed by atoms with van der Waals surface area (Å²) in [4.78, 5) is 28.8. The normalized spacial score (nSPS) is 11.6. The minimum absolute atomic E-state index is 0.212. The highest BCUT2D eigenvalue weighted by atomic mass is 16.6. The second-order valence-corrected chi connectivity index (χ2v) is 7.26. The van der Waals surface area contributed by atoms with E-state index in [2.05, 4.69) is 30.4 Å². The minimum atomic E-state index is -0.562. The van der Waals surface area contributed by atoms with Gasteiger partial charge in [0, 0.05) is 24.2 Å². The number of nitrogens with one attached hydrogen (secondary N) is 1. The Morgan fingerprint density at radius 3 is 2.93 bits per heavy atom. The molecule has 0 fully saturated rings. The van der Waals surface area contributed by atoms with Crippen LogP contribution in [-0.4, -0.2) is 41.2 Å². The first kappa shape index (κ1) is 18.5. The van der Waals surface area contributed by atoms with Gasteiger partial charge in [0.15, 0.2) is 5.65 Å². The molecule has 0 bridgehead atoms. The number of pyridine rings is 1. The SMILES string of the molecule is CC(C)(C)OC(=O)NCc1cc(-c2nc(-c3cnc4cnccn34)no2)ccn1. The molecule has 0 aliphatic heterocycles. The van der Waals surface area contributed by atoms with Gasteiger partial charge in [-0.2, -0.15) is 4.98 Å². The van der Waals surface area contributed by atoms with E-state index >= 15 is 0 Å². The van der Waals surface area contributed by atoms with Crippen molar-refractivity contribution in [3.63, 3.8) is 0 Å². The van der Waals surface area contributed by atoms with E-state index in [4.69, 9.17) is 9.26 Å². The van der Waals surface area contributed by atoms with Gasteiger partial charge >= 0.3 is 6.09 Å². The molecule has 4 aromatic heterocycles. The predicted octanol–water partition coefficient (Wildman–Crippen LogP) is 2.87. The Balaban J connectivity index is 1.51. The summed E-state index contributed by atoms with van der Waals surface area (Å²) in [5.74, 6) is 0.744. The molecule has 10 heteroatoms. The Labute approximate surface area is 166 Å². The Morgan fingerprint density at radius 2 is 2.10 bits per heavy atom. The number of rotatable bonds is 4. The second kappa shape index (κ2) is 7.30. The van der Waals surface area contributed by atoms with Crippen LogP contribution in [0.5, 0.6) is 0 Å². The van der Waals surface area contributed by atoms with E-state index in [1.54, 1.807) is 63.9 Å². The van der Waals surface area contributed by atoms with Crippen LogP contribution in [0, 0.1) is 0 Å². The molecule has 0 radical (unpaired) electrons. The van der Waals surface area contributed by atoms with Crippen LogP contribution in [0.3, 0.4) is 0 Å². The number of imidazole rings is 1. The molecule has 0 spiro atoms. The first-order valence-electron chi connectivity index (χ1n) is 8.92. The number of ether oxygens (including phenoxy) is 1. The molecule has 0 atom stereocenters. The minimum Gasteiger partial charge on any atom is -0.444 e. The number of amides is 1. The summed E-state index contributed by atoms with van der Waals surface area (Å²) in [6.45, 7) is 5.63. The molecule has 0 saturated heterocycles. The highest BCUT2D eigenvalue weighted by molar-refractivity contribution is 5.67. The van der Waals surface area contributed by atoms with E-state index in [0.29, 0.717) is 34.3 Å². The Kier molecular flexibility index (Phi) is 4.67. The maximum Gasteiger partial charge on any atom is 0.407 e. The molecule has 1 N–H and O–H groups in total. The smallest absolute Gasteiger partial charge is 0.407 e. The summed E-state index contributed by atoms with van der Waals surface area (Å²) < 4.78 is 12.5. The lowest BCUT2D eigenvalue weighted by Gasteiger charge is -2.19. The van der Waals surface area contributed by atoms with Crippen LogP contribution >= 0.6 is 0 Å². The third-order valence-corrected chi connectivity index (χ3v) is 3.85. The third kappa shape index (κ3) is 4.21. The van der Waals surface area contributed by atoms with Gasteiger partial charge in [-0.1, -0.05) is 5.16 Å². The van der Waals surface area contributed by atoms with Crippen molar-refractivity contribution in [3.05, 3.63) is 48.8 Å². The van der Waals surface area contributed by atoms with Gasteiger partial charge in [0.2, 0.25) is 5.82 Å². The molecule has 29 heavy (non-hydrogen) atoms. The third-order valence-electron chi connectivity index (χ3n) is 3.85. The summed E-state index contributed by atoms with van der Waals surface area (Å²) in [5, 5.41) is 6.73. The van der Waals surface area contributed by atoms with Crippen molar-refractivity contribution in [1.82, 2.24) is 34.8 Å². The van der Waals surface area contributed by atoms with E-state index < -0.39 is 11.7 Å². The van der Waals surface area contributed by atoms with Gasteiger partial charge in [-0.25, -0.2) is 9.78 Å². The van der Waals surface area contributed by atoms with Gasteiger partial charge in [-0.15, -0.1) is 0 Å². The van der Waals surface area contributed by atoms with Gasteiger partial charge in [0.1, 0.15) is 11.3 Å². The number of carbonyl (C=O) groups is 1. The van der Waals surface area contributed by atoms with Crippen LogP contribution in [-0.2, 0) is 11.3 Å². The van der Waals surface area contributed by atoms with Gasteiger partial charge in [-0.3, -0.25) is 14.4 Å². The Hall–Kier alpha value is -3.82. The summed E-state index contributed by atoms with van der Waals surface area (Å²) in [6.07, 6.45) is 7.86.